The van der Waals surface area contributed by atoms with Crippen molar-refractivity contribution < 1.29 is 37.7 Å². The zero-order chi connectivity index (χ0) is 25.1. The molecule has 0 saturated carbocycles. The molecule has 1 aliphatic rings. The highest BCUT2D eigenvalue weighted by atomic mass is 35.5. The van der Waals surface area contributed by atoms with Crippen LogP contribution in [-0.2, 0) is 29.0 Å². The molecule has 0 radical (unpaired) electrons. The van der Waals surface area contributed by atoms with Crippen molar-refractivity contribution in [3.8, 4) is 5.75 Å². The lowest BCUT2D eigenvalue weighted by atomic mass is 10.0. The largest absolute Gasteiger partial charge is 0.483 e. The Morgan fingerprint density at radius 3 is 2.35 bits per heavy atom. The molecule has 2 aromatic rings. The summed E-state index contributed by atoms with van der Waals surface area (Å²) in [5.41, 5.74) is 4.05. The van der Waals surface area contributed by atoms with Gasteiger partial charge in [0.1, 0.15) is 5.75 Å². The first-order valence-corrected chi connectivity index (χ1v) is 10.8. The van der Waals surface area contributed by atoms with Crippen LogP contribution in [0.1, 0.15) is 29.7 Å². The molecular formula is C22H25ClF3N3O5. The average Bonchev–Trinajstić information content (AvgIpc) is 3.02. The molecule has 3 rings (SSSR count). The van der Waals surface area contributed by atoms with E-state index in [1.54, 1.807) is 6.07 Å². The SMILES string of the molecule is FC(F)(F)COc1ccc(CNc2c(Cl)ccc3c2CCNCC3)nc1.O=C(O)CCC(=O)O. The summed E-state index contributed by atoms with van der Waals surface area (Å²) in [6.07, 6.45) is -1.83. The molecular weight excluding hydrogens is 479 g/mol. The van der Waals surface area contributed by atoms with Gasteiger partial charge in [-0.25, -0.2) is 0 Å². The van der Waals surface area contributed by atoms with Gasteiger partial charge in [0.05, 0.1) is 42.0 Å². The number of ether oxygens (including phenoxy) is 1. The Bertz CT molecular complexity index is 957. The fraction of sp³-hybridized carbons (Fsp3) is 0.409. The summed E-state index contributed by atoms with van der Waals surface area (Å²) >= 11 is 6.36. The average molecular weight is 504 g/mol. The van der Waals surface area contributed by atoms with Crippen molar-refractivity contribution >= 4 is 29.2 Å². The van der Waals surface area contributed by atoms with E-state index in [4.69, 9.17) is 21.8 Å². The van der Waals surface area contributed by atoms with Crippen molar-refractivity contribution in [1.82, 2.24) is 10.3 Å². The summed E-state index contributed by atoms with van der Waals surface area (Å²) in [5.74, 6) is -2.07. The van der Waals surface area contributed by atoms with Gasteiger partial charge in [0.2, 0.25) is 0 Å². The van der Waals surface area contributed by atoms with Gasteiger partial charge in [0, 0.05) is 0 Å². The van der Waals surface area contributed by atoms with Crippen molar-refractivity contribution in [3.63, 3.8) is 0 Å². The summed E-state index contributed by atoms with van der Waals surface area (Å²) < 4.78 is 41.1. The van der Waals surface area contributed by atoms with Gasteiger partial charge < -0.3 is 25.6 Å². The molecule has 1 aromatic heterocycles. The van der Waals surface area contributed by atoms with Crippen LogP contribution in [0.3, 0.4) is 0 Å². The zero-order valence-electron chi connectivity index (χ0n) is 18.1. The Morgan fingerprint density at radius 2 is 1.76 bits per heavy atom. The molecule has 0 amide bonds. The van der Waals surface area contributed by atoms with Crippen LogP contribution in [0.25, 0.3) is 0 Å². The molecule has 8 nitrogen and oxygen atoms in total. The predicted molar refractivity (Wildman–Crippen MR) is 119 cm³/mol. The molecule has 2 heterocycles. The number of carboxylic acid groups (broad SMARTS) is 2. The number of alkyl halides is 3. The number of fused-ring (bicyclic) bond motifs is 1. The van der Waals surface area contributed by atoms with Crippen molar-refractivity contribution in [3.05, 3.63) is 52.3 Å². The second kappa shape index (κ2) is 13.0. The smallest absolute Gasteiger partial charge is 0.422 e. The second-order valence-electron chi connectivity index (χ2n) is 7.34. The van der Waals surface area contributed by atoms with Gasteiger partial charge in [-0.3, -0.25) is 14.6 Å². The lowest BCUT2D eigenvalue weighted by Crippen LogP contribution is -2.19. The van der Waals surface area contributed by atoms with E-state index in [1.165, 1.54) is 23.4 Å². The van der Waals surface area contributed by atoms with E-state index in [0.717, 1.165) is 31.6 Å². The van der Waals surface area contributed by atoms with Crippen molar-refractivity contribution in [2.45, 2.75) is 38.4 Å². The zero-order valence-corrected chi connectivity index (χ0v) is 18.9. The first-order chi connectivity index (χ1) is 16.0. The second-order valence-corrected chi connectivity index (χ2v) is 7.75. The van der Waals surface area contributed by atoms with Gasteiger partial charge in [0.15, 0.2) is 6.61 Å². The number of anilines is 1. The summed E-state index contributed by atoms with van der Waals surface area (Å²) in [4.78, 5) is 23.4. The molecule has 4 N–H and O–H groups in total. The normalized spacial score (nSPS) is 13.1. The number of carboxylic acids is 2. The van der Waals surface area contributed by atoms with Gasteiger partial charge >= 0.3 is 18.1 Å². The number of aromatic nitrogens is 1. The minimum absolute atomic E-state index is 0.0868. The topological polar surface area (TPSA) is 121 Å². The van der Waals surface area contributed by atoms with Gasteiger partial charge in [-0.05, 0) is 55.3 Å². The number of carbonyl (C=O) groups is 2. The molecule has 186 valence electrons. The minimum Gasteiger partial charge on any atom is -0.483 e. The van der Waals surface area contributed by atoms with Gasteiger partial charge in [-0.15, -0.1) is 0 Å². The Kier molecular flexibility index (Phi) is 10.4. The van der Waals surface area contributed by atoms with Crippen LogP contribution in [0.4, 0.5) is 18.9 Å². The molecule has 1 aromatic carbocycles. The maximum atomic E-state index is 12.2. The Balaban J connectivity index is 0.000000440. The van der Waals surface area contributed by atoms with E-state index in [0.29, 0.717) is 17.3 Å². The molecule has 0 unspecified atom stereocenters. The monoisotopic (exact) mass is 503 g/mol. The summed E-state index contributed by atoms with van der Waals surface area (Å²) in [5, 5.41) is 23.1. The summed E-state index contributed by atoms with van der Waals surface area (Å²) in [7, 11) is 0. The van der Waals surface area contributed by atoms with Crippen molar-refractivity contribution in [2.24, 2.45) is 0 Å². The third-order valence-electron chi connectivity index (χ3n) is 4.68. The third kappa shape index (κ3) is 9.84. The number of nitrogens with zero attached hydrogens (tertiary/aromatic N) is 1. The summed E-state index contributed by atoms with van der Waals surface area (Å²) in [6, 6.07) is 7.05. The Hall–Kier alpha value is -3.05. The predicted octanol–water partition coefficient (Wildman–Crippen LogP) is 3.91. The summed E-state index contributed by atoms with van der Waals surface area (Å²) in [6.45, 7) is 0.926. The van der Waals surface area contributed by atoms with E-state index >= 15 is 0 Å². The van der Waals surface area contributed by atoms with Gasteiger partial charge in [0.25, 0.3) is 0 Å². The van der Waals surface area contributed by atoms with E-state index in [9.17, 15) is 22.8 Å². The quantitative estimate of drug-likeness (QED) is 0.428. The number of pyridine rings is 1. The number of benzene rings is 1. The molecule has 0 atom stereocenters. The van der Waals surface area contributed by atoms with Crippen LogP contribution in [0.2, 0.25) is 5.02 Å². The van der Waals surface area contributed by atoms with Crippen LogP contribution >= 0.6 is 11.6 Å². The van der Waals surface area contributed by atoms with Crippen LogP contribution in [0.15, 0.2) is 30.5 Å². The fourth-order valence-corrected chi connectivity index (χ4v) is 3.34. The first kappa shape index (κ1) is 27.2. The standard InChI is InChI=1S/C18H19ClF3N3O.C4H6O4/c19-16-4-1-12-5-7-23-8-6-15(12)17(16)25-9-13-2-3-14(10-24-13)26-11-18(20,21)22;5-3(6)1-2-4(7)8/h1-4,10,23,25H,5-9,11H2;1-2H2,(H,5,6)(H,7,8). The highest BCUT2D eigenvalue weighted by molar-refractivity contribution is 6.33. The molecule has 0 saturated heterocycles. The lowest BCUT2D eigenvalue weighted by molar-refractivity contribution is -0.153. The van der Waals surface area contributed by atoms with E-state index in [-0.39, 0.29) is 18.6 Å². The van der Waals surface area contributed by atoms with Crippen LogP contribution in [0.5, 0.6) is 5.75 Å². The maximum absolute atomic E-state index is 12.2. The Morgan fingerprint density at radius 1 is 1.09 bits per heavy atom. The fourth-order valence-electron chi connectivity index (χ4n) is 3.09. The molecule has 34 heavy (non-hydrogen) atoms. The van der Waals surface area contributed by atoms with E-state index in [1.807, 2.05) is 6.07 Å². The maximum Gasteiger partial charge on any atom is 0.422 e. The minimum atomic E-state index is -4.36. The molecule has 0 fully saturated rings. The number of halogens is 4. The van der Waals surface area contributed by atoms with Crippen LogP contribution < -0.4 is 15.4 Å². The van der Waals surface area contributed by atoms with E-state index in [2.05, 4.69) is 26.4 Å². The van der Waals surface area contributed by atoms with Crippen LogP contribution in [-0.4, -0.2) is 53.0 Å². The first-order valence-electron chi connectivity index (χ1n) is 10.4. The van der Waals surface area contributed by atoms with Crippen molar-refractivity contribution in [1.29, 1.82) is 0 Å². The highest BCUT2D eigenvalue weighted by Gasteiger charge is 2.28. The number of nitrogens with one attached hydrogen (secondary N) is 2. The number of hydrogen-bond donors (Lipinski definition) is 4. The van der Waals surface area contributed by atoms with Crippen molar-refractivity contribution in [2.75, 3.05) is 25.0 Å². The van der Waals surface area contributed by atoms with Crippen LogP contribution in [0, 0.1) is 0 Å². The van der Waals surface area contributed by atoms with Gasteiger partial charge in [-0.1, -0.05) is 17.7 Å². The molecule has 0 bridgehead atoms. The molecule has 0 spiro atoms. The number of hydrogen-bond acceptors (Lipinski definition) is 6. The number of rotatable bonds is 8. The van der Waals surface area contributed by atoms with E-state index < -0.39 is 24.7 Å². The number of aliphatic carboxylic acids is 2. The Labute approximate surface area is 199 Å². The highest BCUT2D eigenvalue weighted by Crippen LogP contribution is 2.31. The molecule has 0 aliphatic carbocycles. The third-order valence-corrected chi connectivity index (χ3v) is 5.00. The van der Waals surface area contributed by atoms with Gasteiger partial charge in [-0.2, -0.15) is 13.2 Å². The lowest BCUT2D eigenvalue weighted by Gasteiger charge is -2.16. The molecule has 1 aliphatic heterocycles. The molecule has 12 heteroatoms.